The molecule has 1 rings (SSSR count). The SMILES string of the molecule is CCc1cn(CCOC(C)=O)cn1. The normalized spacial score (nSPS) is 10.0. The molecule has 0 spiro atoms. The van der Waals surface area contributed by atoms with E-state index in [0.29, 0.717) is 13.2 Å². The number of rotatable bonds is 4. The zero-order valence-corrected chi connectivity index (χ0v) is 7.99. The number of nitrogens with zero attached hydrogens (tertiary/aromatic N) is 2. The molecule has 0 amide bonds. The van der Waals surface area contributed by atoms with Crippen LogP contribution < -0.4 is 0 Å². The fourth-order valence-electron chi connectivity index (χ4n) is 1.01. The molecule has 0 aliphatic carbocycles. The molecule has 1 aromatic heterocycles. The maximum Gasteiger partial charge on any atom is 0.302 e. The molecule has 0 aliphatic rings. The molecule has 72 valence electrons. The Kier molecular flexibility index (Phi) is 3.49. The second-order valence-electron chi connectivity index (χ2n) is 2.80. The smallest absolute Gasteiger partial charge is 0.302 e. The van der Waals surface area contributed by atoms with Crippen LogP contribution in [0.25, 0.3) is 0 Å². The lowest BCUT2D eigenvalue weighted by Crippen LogP contribution is -2.07. The third-order valence-corrected chi connectivity index (χ3v) is 1.70. The number of carbonyl (C=O) groups is 1. The summed E-state index contributed by atoms with van der Waals surface area (Å²) in [6, 6.07) is 0. The van der Waals surface area contributed by atoms with E-state index >= 15 is 0 Å². The Morgan fingerprint density at radius 2 is 2.46 bits per heavy atom. The zero-order chi connectivity index (χ0) is 9.68. The standard InChI is InChI=1S/C9H14N2O2/c1-3-9-6-11(7-10-9)4-5-13-8(2)12/h6-7H,3-5H2,1-2H3. The van der Waals surface area contributed by atoms with E-state index in [-0.39, 0.29) is 5.97 Å². The number of ether oxygens (including phenoxy) is 1. The van der Waals surface area contributed by atoms with E-state index in [0.717, 1.165) is 12.1 Å². The molecule has 0 unspecified atom stereocenters. The van der Waals surface area contributed by atoms with E-state index in [9.17, 15) is 4.79 Å². The second kappa shape index (κ2) is 4.64. The van der Waals surface area contributed by atoms with Gasteiger partial charge in [-0.3, -0.25) is 4.79 Å². The van der Waals surface area contributed by atoms with Crippen LogP contribution in [0.5, 0.6) is 0 Å². The summed E-state index contributed by atoms with van der Waals surface area (Å²) in [6.07, 6.45) is 4.65. The van der Waals surface area contributed by atoms with E-state index in [1.807, 2.05) is 10.8 Å². The van der Waals surface area contributed by atoms with Crippen molar-refractivity contribution in [3.8, 4) is 0 Å². The monoisotopic (exact) mass is 182 g/mol. The lowest BCUT2D eigenvalue weighted by molar-refractivity contribution is -0.141. The van der Waals surface area contributed by atoms with Crippen LogP contribution in [0.4, 0.5) is 0 Å². The van der Waals surface area contributed by atoms with Crippen molar-refractivity contribution in [3.05, 3.63) is 18.2 Å². The quantitative estimate of drug-likeness (QED) is 0.653. The van der Waals surface area contributed by atoms with Crippen LogP contribution in [0, 0.1) is 0 Å². The van der Waals surface area contributed by atoms with Gasteiger partial charge in [-0.05, 0) is 6.42 Å². The molecule has 0 radical (unpaired) electrons. The van der Waals surface area contributed by atoms with Gasteiger partial charge in [0.1, 0.15) is 6.61 Å². The summed E-state index contributed by atoms with van der Waals surface area (Å²) >= 11 is 0. The van der Waals surface area contributed by atoms with Crippen molar-refractivity contribution >= 4 is 5.97 Å². The first kappa shape index (κ1) is 9.77. The molecule has 0 fully saturated rings. The highest BCUT2D eigenvalue weighted by Crippen LogP contribution is 1.96. The topological polar surface area (TPSA) is 44.1 Å². The maximum absolute atomic E-state index is 10.4. The van der Waals surface area contributed by atoms with Crippen molar-refractivity contribution in [2.45, 2.75) is 26.8 Å². The van der Waals surface area contributed by atoms with Crippen LogP contribution in [0.1, 0.15) is 19.5 Å². The summed E-state index contributed by atoms with van der Waals surface area (Å²) in [7, 11) is 0. The van der Waals surface area contributed by atoms with Gasteiger partial charge in [0.25, 0.3) is 0 Å². The highest BCUT2D eigenvalue weighted by molar-refractivity contribution is 5.65. The second-order valence-corrected chi connectivity index (χ2v) is 2.80. The Labute approximate surface area is 77.5 Å². The van der Waals surface area contributed by atoms with Gasteiger partial charge in [0, 0.05) is 13.1 Å². The molecule has 1 heterocycles. The van der Waals surface area contributed by atoms with E-state index < -0.39 is 0 Å². The van der Waals surface area contributed by atoms with E-state index in [1.165, 1.54) is 6.92 Å². The van der Waals surface area contributed by atoms with Crippen LogP contribution in [0.15, 0.2) is 12.5 Å². The average molecular weight is 182 g/mol. The van der Waals surface area contributed by atoms with Gasteiger partial charge in [-0.1, -0.05) is 6.92 Å². The highest BCUT2D eigenvalue weighted by Gasteiger charge is 1.96. The summed E-state index contributed by atoms with van der Waals surface area (Å²) in [4.78, 5) is 14.6. The Balaban J connectivity index is 2.32. The van der Waals surface area contributed by atoms with Gasteiger partial charge in [0.2, 0.25) is 0 Å². The number of aryl methyl sites for hydroxylation is 1. The van der Waals surface area contributed by atoms with Crippen LogP contribution >= 0.6 is 0 Å². The molecule has 0 saturated heterocycles. The summed E-state index contributed by atoms with van der Waals surface area (Å²) < 4.78 is 6.72. The number of carbonyl (C=O) groups excluding carboxylic acids is 1. The van der Waals surface area contributed by atoms with Crippen molar-refractivity contribution in [2.24, 2.45) is 0 Å². The van der Waals surface area contributed by atoms with Gasteiger partial charge in [-0.15, -0.1) is 0 Å². The molecule has 4 nitrogen and oxygen atoms in total. The van der Waals surface area contributed by atoms with E-state index in [4.69, 9.17) is 4.74 Å². The van der Waals surface area contributed by atoms with Gasteiger partial charge in [0.15, 0.2) is 0 Å². The Hall–Kier alpha value is -1.32. The van der Waals surface area contributed by atoms with Gasteiger partial charge >= 0.3 is 5.97 Å². The zero-order valence-electron chi connectivity index (χ0n) is 7.99. The number of aromatic nitrogens is 2. The predicted molar refractivity (Wildman–Crippen MR) is 48.2 cm³/mol. The molecule has 4 heteroatoms. The first-order valence-corrected chi connectivity index (χ1v) is 4.36. The number of hydrogen-bond acceptors (Lipinski definition) is 3. The van der Waals surface area contributed by atoms with E-state index in [1.54, 1.807) is 6.33 Å². The fraction of sp³-hybridized carbons (Fsp3) is 0.556. The van der Waals surface area contributed by atoms with E-state index in [2.05, 4.69) is 11.9 Å². The molecule has 0 bridgehead atoms. The largest absolute Gasteiger partial charge is 0.464 e. The van der Waals surface area contributed by atoms with Crippen molar-refractivity contribution in [1.29, 1.82) is 0 Å². The summed E-state index contributed by atoms with van der Waals surface area (Å²) in [5, 5.41) is 0. The first-order chi connectivity index (χ1) is 6.22. The molecular weight excluding hydrogens is 168 g/mol. The van der Waals surface area contributed by atoms with Crippen LogP contribution in [-0.4, -0.2) is 22.1 Å². The molecule has 0 aliphatic heterocycles. The van der Waals surface area contributed by atoms with Gasteiger partial charge in [0.05, 0.1) is 18.6 Å². The predicted octanol–water partition coefficient (Wildman–Crippen LogP) is 1.01. The van der Waals surface area contributed by atoms with Crippen molar-refractivity contribution in [3.63, 3.8) is 0 Å². The molecule has 0 saturated carbocycles. The third-order valence-electron chi connectivity index (χ3n) is 1.70. The minimum atomic E-state index is -0.240. The summed E-state index contributed by atoms with van der Waals surface area (Å²) in [5.41, 5.74) is 1.06. The molecule has 13 heavy (non-hydrogen) atoms. The minimum Gasteiger partial charge on any atom is -0.464 e. The lowest BCUT2D eigenvalue weighted by Gasteiger charge is -2.01. The van der Waals surface area contributed by atoms with Gasteiger partial charge in [-0.25, -0.2) is 4.98 Å². The highest BCUT2D eigenvalue weighted by atomic mass is 16.5. The lowest BCUT2D eigenvalue weighted by atomic mass is 10.4. The Morgan fingerprint density at radius 3 is 3.00 bits per heavy atom. The summed E-state index contributed by atoms with van der Waals surface area (Å²) in [5.74, 6) is -0.240. The fourth-order valence-corrected chi connectivity index (χ4v) is 1.01. The van der Waals surface area contributed by atoms with Crippen LogP contribution in [0.3, 0.4) is 0 Å². The Morgan fingerprint density at radius 1 is 1.69 bits per heavy atom. The Bertz CT molecular complexity index is 281. The molecule has 0 atom stereocenters. The van der Waals surface area contributed by atoms with Gasteiger partial charge in [-0.2, -0.15) is 0 Å². The molecule has 0 aromatic carbocycles. The number of imidazole rings is 1. The third kappa shape index (κ3) is 3.27. The maximum atomic E-state index is 10.4. The van der Waals surface area contributed by atoms with Gasteiger partial charge < -0.3 is 9.30 Å². The summed E-state index contributed by atoms with van der Waals surface area (Å²) in [6.45, 7) is 4.55. The number of esters is 1. The van der Waals surface area contributed by atoms with Crippen molar-refractivity contribution in [2.75, 3.05) is 6.61 Å². The van der Waals surface area contributed by atoms with Crippen molar-refractivity contribution < 1.29 is 9.53 Å². The molecule has 1 aromatic rings. The molecular formula is C9H14N2O2. The van der Waals surface area contributed by atoms with Crippen LogP contribution in [0.2, 0.25) is 0 Å². The van der Waals surface area contributed by atoms with Crippen LogP contribution in [-0.2, 0) is 22.5 Å². The van der Waals surface area contributed by atoms with Crippen molar-refractivity contribution in [1.82, 2.24) is 9.55 Å². The first-order valence-electron chi connectivity index (χ1n) is 4.36. The number of hydrogen-bond donors (Lipinski definition) is 0. The molecule has 0 N–H and O–H groups in total. The minimum absolute atomic E-state index is 0.240. The average Bonchev–Trinajstić information content (AvgIpc) is 2.52.